The molecule has 2 aromatic carbocycles. The molecule has 0 unspecified atom stereocenters. The molecule has 0 spiro atoms. The minimum Gasteiger partial charge on any atom is -0.271 e. The van der Waals surface area contributed by atoms with Crippen LogP contribution in [0.15, 0.2) is 88.3 Å². The molecule has 2 N–H and O–H groups in total. The Morgan fingerprint density at radius 3 is 1.55 bits per heavy atom. The van der Waals surface area contributed by atoms with Gasteiger partial charge in [0.15, 0.2) is 0 Å². The molecule has 9 nitrogen and oxygen atoms in total. The number of carbonyl (C=O) groups excluding carboxylic acids is 2. The molecule has 0 aliphatic carbocycles. The van der Waals surface area contributed by atoms with Crippen LogP contribution in [0, 0.1) is 4.91 Å². The average Bonchev–Trinajstić information content (AvgIpc) is 2.79. The zero-order chi connectivity index (χ0) is 22.2. The Bertz CT molecular complexity index is 880. The normalized spacial score (nSPS) is 11.4. The second-order valence-electron chi connectivity index (χ2n) is 6.07. The van der Waals surface area contributed by atoms with Crippen LogP contribution in [-0.2, 0) is 9.59 Å². The Labute approximate surface area is 179 Å². The summed E-state index contributed by atoms with van der Waals surface area (Å²) in [5, 5.41) is 10.9. The highest BCUT2D eigenvalue weighted by Gasteiger charge is 2.13. The van der Waals surface area contributed by atoms with E-state index < -0.39 is 24.9 Å². The highest BCUT2D eigenvalue weighted by molar-refractivity contribution is 5.84. The number of hydrogen-bond acceptors (Lipinski definition) is 6. The summed E-state index contributed by atoms with van der Waals surface area (Å²) in [6, 6.07) is 19.1. The van der Waals surface area contributed by atoms with Crippen LogP contribution in [0.1, 0.15) is 11.1 Å². The van der Waals surface area contributed by atoms with Gasteiger partial charge >= 0.3 is 0 Å². The van der Waals surface area contributed by atoms with E-state index in [0.717, 1.165) is 16.1 Å². The second-order valence-corrected chi connectivity index (χ2v) is 6.07. The first-order valence-corrected chi connectivity index (χ1v) is 9.33. The molecule has 0 aliphatic heterocycles. The maximum absolute atomic E-state index is 11.8. The van der Waals surface area contributed by atoms with E-state index in [-0.39, 0.29) is 0 Å². The Balaban J connectivity index is 1.68. The Morgan fingerprint density at radius 2 is 1.16 bits per heavy atom. The molecule has 0 saturated heterocycles. The number of nitrogens with zero attached hydrogens (tertiary/aromatic N) is 4. The lowest BCUT2D eigenvalue weighted by Crippen LogP contribution is -2.37. The monoisotopic (exact) mass is 418 g/mol. The molecule has 0 bridgehead atoms. The molecule has 0 heterocycles. The second kappa shape index (κ2) is 13.7. The van der Waals surface area contributed by atoms with Crippen molar-refractivity contribution in [3.63, 3.8) is 0 Å². The molecule has 0 fully saturated rings. The van der Waals surface area contributed by atoms with Crippen molar-refractivity contribution >= 4 is 36.4 Å². The third-order valence-electron chi connectivity index (χ3n) is 3.64. The van der Waals surface area contributed by atoms with Crippen molar-refractivity contribution in [1.29, 1.82) is 0 Å². The number of rotatable bonds is 11. The minimum atomic E-state index is -0.592. The number of benzene rings is 2. The van der Waals surface area contributed by atoms with Gasteiger partial charge in [-0.05, 0) is 23.3 Å². The molecular weight excluding hydrogens is 396 g/mol. The van der Waals surface area contributed by atoms with E-state index in [4.69, 9.17) is 0 Å². The Kier molecular flexibility index (Phi) is 10.1. The number of amides is 2. The zero-order valence-corrected chi connectivity index (χ0v) is 16.7. The van der Waals surface area contributed by atoms with Gasteiger partial charge in [-0.15, -0.1) is 4.91 Å². The third-order valence-corrected chi connectivity index (χ3v) is 3.64. The first-order chi connectivity index (χ1) is 15.2. The average molecular weight is 418 g/mol. The van der Waals surface area contributed by atoms with Gasteiger partial charge in [-0.1, -0.05) is 72.8 Å². The van der Waals surface area contributed by atoms with Crippen LogP contribution in [0.3, 0.4) is 0 Å². The molecule has 0 radical (unpaired) electrons. The highest BCUT2D eigenvalue weighted by atomic mass is 16.3. The van der Waals surface area contributed by atoms with E-state index in [9.17, 15) is 14.5 Å². The molecule has 0 saturated carbocycles. The fraction of sp³-hybridized carbons (Fsp3) is 0.0909. The van der Waals surface area contributed by atoms with Gasteiger partial charge in [0.25, 0.3) is 11.8 Å². The van der Waals surface area contributed by atoms with Crippen LogP contribution >= 0.6 is 0 Å². The number of nitrogens with one attached hydrogen (secondary N) is 2. The smallest absolute Gasteiger partial charge is 0.261 e. The van der Waals surface area contributed by atoms with Gasteiger partial charge in [0.1, 0.15) is 13.1 Å². The predicted octanol–water partition coefficient (Wildman–Crippen LogP) is 2.60. The third kappa shape index (κ3) is 10.1. The summed E-state index contributed by atoms with van der Waals surface area (Å²) in [5.41, 5.74) is 6.48. The van der Waals surface area contributed by atoms with Crippen molar-refractivity contribution < 1.29 is 9.59 Å². The lowest BCUT2D eigenvalue weighted by molar-refractivity contribution is -0.125. The molecule has 2 aromatic rings. The van der Waals surface area contributed by atoms with Crippen molar-refractivity contribution in [3.8, 4) is 0 Å². The first kappa shape index (κ1) is 22.9. The molecule has 0 atom stereocenters. The first-order valence-electron chi connectivity index (χ1n) is 9.33. The van der Waals surface area contributed by atoms with Crippen LogP contribution < -0.4 is 10.9 Å². The number of hydrogen-bond donors (Lipinski definition) is 2. The van der Waals surface area contributed by atoms with Crippen LogP contribution in [0.2, 0.25) is 0 Å². The van der Waals surface area contributed by atoms with E-state index in [0.29, 0.717) is 0 Å². The fourth-order valence-corrected chi connectivity index (χ4v) is 2.26. The van der Waals surface area contributed by atoms with Crippen molar-refractivity contribution in [2.45, 2.75) is 0 Å². The van der Waals surface area contributed by atoms with Crippen LogP contribution in [0.4, 0.5) is 0 Å². The predicted molar refractivity (Wildman–Crippen MR) is 122 cm³/mol. The van der Waals surface area contributed by atoms with Gasteiger partial charge in [0, 0.05) is 12.4 Å². The van der Waals surface area contributed by atoms with Gasteiger partial charge in [-0.2, -0.15) is 10.2 Å². The summed E-state index contributed by atoms with van der Waals surface area (Å²) >= 11 is 0. The SMILES string of the molecule is O=NN(CC(=O)N/N=C/C=C\c1ccccc1)CC(=O)N/N=C/C=C/c1ccccc1. The maximum atomic E-state index is 11.8. The number of allylic oxidation sites excluding steroid dienone is 2. The lowest BCUT2D eigenvalue weighted by atomic mass is 10.2. The molecule has 31 heavy (non-hydrogen) atoms. The van der Waals surface area contributed by atoms with E-state index in [1.165, 1.54) is 12.4 Å². The summed E-state index contributed by atoms with van der Waals surface area (Å²) in [6.45, 7) is -0.845. The van der Waals surface area contributed by atoms with E-state index in [2.05, 4.69) is 26.3 Å². The number of nitroso groups, excluding NO2 is 1. The minimum absolute atomic E-state index is 0.422. The van der Waals surface area contributed by atoms with Crippen LogP contribution in [0.25, 0.3) is 12.2 Å². The van der Waals surface area contributed by atoms with Crippen molar-refractivity contribution in [2.24, 2.45) is 15.5 Å². The van der Waals surface area contributed by atoms with Gasteiger partial charge in [-0.3, -0.25) is 9.59 Å². The fourth-order valence-electron chi connectivity index (χ4n) is 2.26. The lowest BCUT2D eigenvalue weighted by Gasteiger charge is -2.12. The Hall–Kier alpha value is -4.40. The number of carbonyl (C=O) groups is 2. The molecule has 0 aliphatic rings. The quantitative estimate of drug-likeness (QED) is 0.331. The summed E-state index contributed by atoms with van der Waals surface area (Å²) in [6.07, 6.45) is 9.73. The number of hydrazone groups is 2. The summed E-state index contributed by atoms with van der Waals surface area (Å²) in [7, 11) is 0. The summed E-state index contributed by atoms with van der Waals surface area (Å²) < 4.78 is 0. The summed E-state index contributed by atoms with van der Waals surface area (Å²) in [4.78, 5) is 34.5. The van der Waals surface area contributed by atoms with Crippen molar-refractivity contribution in [2.75, 3.05) is 13.1 Å². The largest absolute Gasteiger partial charge is 0.271 e. The molecule has 9 heteroatoms. The topological polar surface area (TPSA) is 116 Å². The van der Waals surface area contributed by atoms with Crippen LogP contribution in [0.5, 0.6) is 0 Å². The molecule has 2 amide bonds. The molecular formula is C22H22N6O3. The van der Waals surface area contributed by atoms with Gasteiger partial charge in [-0.25, -0.2) is 15.9 Å². The molecule has 2 rings (SSSR count). The van der Waals surface area contributed by atoms with Crippen molar-refractivity contribution in [3.05, 3.63) is 88.8 Å². The van der Waals surface area contributed by atoms with Gasteiger partial charge in [0.05, 0.1) is 5.29 Å². The van der Waals surface area contributed by atoms with Crippen LogP contribution in [-0.4, -0.2) is 42.3 Å². The summed E-state index contributed by atoms with van der Waals surface area (Å²) in [5.74, 6) is -1.18. The van der Waals surface area contributed by atoms with E-state index in [1.807, 2.05) is 72.8 Å². The standard InChI is InChI=1S/C22H22N6O3/c29-21(25-23-15-7-13-19-9-3-1-4-10-19)17-28(27-31)18-22(30)26-24-16-8-14-20-11-5-2-6-12-20/h1-16H,17-18H2,(H,25,29)(H,26,30)/b13-7-,14-8+,23-15+,24-16+. The molecule has 0 aromatic heterocycles. The van der Waals surface area contributed by atoms with E-state index >= 15 is 0 Å². The zero-order valence-electron chi connectivity index (χ0n) is 16.7. The van der Waals surface area contributed by atoms with E-state index in [1.54, 1.807) is 12.2 Å². The Morgan fingerprint density at radius 1 is 0.742 bits per heavy atom. The maximum Gasteiger partial charge on any atom is 0.261 e. The molecule has 158 valence electrons. The highest BCUT2D eigenvalue weighted by Crippen LogP contribution is 2.00. The van der Waals surface area contributed by atoms with Crippen molar-refractivity contribution in [1.82, 2.24) is 15.9 Å². The van der Waals surface area contributed by atoms with Gasteiger partial charge < -0.3 is 0 Å². The van der Waals surface area contributed by atoms with Gasteiger partial charge in [0.2, 0.25) is 0 Å².